The first-order chi connectivity index (χ1) is 7.76. The second kappa shape index (κ2) is 4.35. The van der Waals surface area contributed by atoms with Crippen molar-refractivity contribution >= 4 is 6.29 Å². The molecule has 0 spiro atoms. The van der Waals surface area contributed by atoms with E-state index in [1.807, 2.05) is 12.1 Å². The van der Waals surface area contributed by atoms with Crippen LogP contribution in [-0.4, -0.2) is 6.29 Å². The summed E-state index contributed by atoms with van der Waals surface area (Å²) in [6.45, 7) is 4.17. The third-order valence-corrected chi connectivity index (χ3v) is 2.73. The summed E-state index contributed by atoms with van der Waals surface area (Å²) < 4.78 is 5.47. The maximum absolute atomic E-state index is 10.6. The number of carbonyl (C=O) groups is 1. The summed E-state index contributed by atoms with van der Waals surface area (Å²) in [6.07, 6.45) is 1.68. The third-order valence-electron chi connectivity index (χ3n) is 2.73. The van der Waals surface area contributed by atoms with Crippen molar-refractivity contribution in [2.24, 2.45) is 0 Å². The number of hydrogen-bond donors (Lipinski definition) is 0. The lowest BCUT2D eigenvalue weighted by Gasteiger charge is -2.08. The largest absolute Gasteiger partial charge is 0.453 e. The van der Waals surface area contributed by atoms with Gasteiger partial charge in [-0.25, -0.2) is 0 Å². The molecule has 0 atom stereocenters. The van der Waals surface area contributed by atoms with Gasteiger partial charge in [-0.05, 0) is 36.6 Å². The lowest BCUT2D eigenvalue weighted by Crippen LogP contribution is -1.89. The molecule has 82 valence electrons. The van der Waals surface area contributed by atoms with E-state index >= 15 is 0 Å². The number of aryl methyl sites for hydroxylation is 2. The van der Waals surface area contributed by atoms with Gasteiger partial charge in [0.05, 0.1) is 0 Å². The van der Waals surface area contributed by atoms with E-state index in [1.165, 1.54) is 11.1 Å². The van der Waals surface area contributed by atoms with E-state index in [0.717, 1.165) is 24.0 Å². The average Bonchev–Trinajstić information content (AvgIpc) is 2.76. The fourth-order valence-electron chi connectivity index (χ4n) is 1.93. The zero-order valence-corrected chi connectivity index (χ0v) is 9.49. The van der Waals surface area contributed by atoms with E-state index in [0.29, 0.717) is 5.76 Å². The molecule has 0 radical (unpaired) electrons. The monoisotopic (exact) mass is 214 g/mol. The Balaban J connectivity index is 2.57. The summed E-state index contributed by atoms with van der Waals surface area (Å²) in [5, 5.41) is 0. The fourth-order valence-corrected chi connectivity index (χ4v) is 1.93. The number of hydrogen-bond acceptors (Lipinski definition) is 2. The van der Waals surface area contributed by atoms with Crippen LogP contribution in [0.1, 0.15) is 28.6 Å². The van der Waals surface area contributed by atoms with E-state index in [1.54, 1.807) is 6.07 Å². The SMILES string of the molecule is CCc1cccc(C)c1-c1ccc(C=O)o1. The van der Waals surface area contributed by atoms with Crippen molar-refractivity contribution in [3.8, 4) is 11.3 Å². The molecule has 16 heavy (non-hydrogen) atoms. The summed E-state index contributed by atoms with van der Waals surface area (Å²) in [4.78, 5) is 10.6. The molecule has 2 heteroatoms. The Morgan fingerprint density at radius 1 is 1.25 bits per heavy atom. The lowest BCUT2D eigenvalue weighted by atomic mass is 9.98. The van der Waals surface area contributed by atoms with Gasteiger partial charge in [0, 0.05) is 5.56 Å². The maximum Gasteiger partial charge on any atom is 0.185 e. The summed E-state index contributed by atoms with van der Waals surface area (Å²) in [5.41, 5.74) is 3.52. The summed E-state index contributed by atoms with van der Waals surface area (Å²) in [7, 11) is 0. The Hall–Kier alpha value is -1.83. The van der Waals surface area contributed by atoms with E-state index in [2.05, 4.69) is 26.0 Å². The Kier molecular flexibility index (Phi) is 2.91. The molecule has 2 rings (SSSR count). The van der Waals surface area contributed by atoms with Gasteiger partial charge in [-0.15, -0.1) is 0 Å². The van der Waals surface area contributed by atoms with E-state index < -0.39 is 0 Å². The fraction of sp³-hybridized carbons (Fsp3) is 0.214. The first-order valence-electron chi connectivity index (χ1n) is 5.40. The molecule has 0 unspecified atom stereocenters. The van der Waals surface area contributed by atoms with Crippen molar-refractivity contribution in [2.75, 3.05) is 0 Å². The molecular weight excluding hydrogens is 200 g/mol. The molecule has 1 heterocycles. The minimum Gasteiger partial charge on any atom is -0.453 e. The molecule has 0 saturated heterocycles. The Morgan fingerprint density at radius 2 is 2.06 bits per heavy atom. The van der Waals surface area contributed by atoms with Crippen LogP contribution in [0.5, 0.6) is 0 Å². The number of carbonyl (C=O) groups excluding carboxylic acids is 1. The van der Waals surface area contributed by atoms with Crippen molar-refractivity contribution in [2.45, 2.75) is 20.3 Å². The lowest BCUT2D eigenvalue weighted by molar-refractivity contribution is 0.110. The zero-order valence-electron chi connectivity index (χ0n) is 9.49. The molecule has 0 bridgehead atoms. The number of furan rings is 1. The third kappa shape index (κ3) is 1.78. The van der Waals surface area contributed by atoms with Crippen LogP contribution < -0.4 is 0 Å². The first kappa shape index (κ1) is 10.7. The smallest absolute Gasteiger partial charge is 0.185 e. The van der Waals surface area contributed by atoms with Gasteiger partial charge in [-0.3, -0.25) is 4.79 Å². The molecule has 2 aromatic rings. The van der Waals surface area contributed by atoms with E-state index in [4.69, 9.17) is 4.42 Å². The minimum atomic E-state index is 0.375. The van der Waals surface area contributed by atoms with E-state index in [-0.39, 0.29) is 0 Å². The molecule has 0 aliphatic carbocycles. The summed E-state index contributed by atoms with van der Waals surface area (Å²) in [5.74, 6) is 1.15. The van der Waals surface area contributed by atoms with Gasteiger partial charge in [0.1, 0.15) is 5.76 Å². The van der Waals surface area contributed by atoms with Gasteiger partial charge < -0.3 is 4.42 Å². The highest BCUT2D eigenvalue weighted by atomic mass is 16.3. The van der Waals surface area contributed by atoms with Crippen molar-refractivity contribution in [3.05, 3.63) is 47.2 Å². The minimum absolute atomic E-state index is 0.375. The predicted molar refractivity (Wildman–Crippen MR) is 63.6 cm³/mol. The van der Waals surface area contributed by atoms with Gasteiger partial charge in [0.25, 0.3) is 0 Å². The second-order valence-corrected chi connectivity index (χ2v) is 3.78. The first-order valence-corrected chi connectivity index (χ1v) is 5.40. The number of aldehydes is 1. The highest BCUT2D eigenvalue weighted by Crippen LogP contribution is 2.29. The number of benzene rings is 1. The second-order valence-electron chi connectivity index (χ2n) is 3.78. The van der Waals surface area contributed by atoms with Crippen LogP contribution in [0.3, 0.4) is 0 Å². The predicted octanol–water partition coefficient (Wildman–Crippen LogP) is 3.63. The summed E-state index contributed by atoms with van der Waals surface area (Å²) in [6, 6.07) is 9.74. The van der Waals surface area contributed by atoms with Crippen LogP contribution in [0.4, 0.5) is 0 Å². The number of rotatable bonds is 3. The molecular formula is C14H14O2. The van der Waals surface area contributed by atoms with Gasteiger partial charge in [-0.1, -0.05) is 25.1 Å². The van der Waals surface area contributed by atoms with Crippen molar-refractivity contribution in [3.63, 3.8) is 0 Å². The van der Waals surface area contributed by atoms with E-state index in [9.17, 15) is 4.79 Å². The van der Waals surface area contributed by atoms with Crippen LogP contribution >= 0.6 is 0 Å². The molecule has 1 aromatic carbocycles. The highest BCUT2D eigenvalue weighted by Gasteiger charge is 2.10. The van der Waals surface area contributed by atoms with Gasteiger partial charge in [-0.2, -0.15) is 0 Å². The molecule has 0 aliphatic heterocycles. The zero-order chi connectivity index (χ0) is 11.5. The normalized spacial score (nSPS) is 10.4. The van der Waals surface area contributed by atoms with Gasteiger partial charge in [0.15, 0.2) is 12.0 Å². The van der Waals surface area contributed by atoms with Crippen LogP contribution in [0.2, 0.25) is 0 Å². The summed E-state index contributed by atoms with van der Waals surface area (Å²) >= 11 is 0. The van der Waals surface area contributed by atoms with Crippen LogP contribution in [0, 0.1) is 6.92 Å². The van der Waals surface area contributed by atoms with Crippen LogP contribution in [0.25, 0.3) is 11.3 Å². The van der Waals surface area contributed by atoms with Gasteiger partial charge >= 0.3 is 0 Å². The molecule has 0 fully saturated rings. The van der Waals surface area contributed by atoms with Crippen molar-refractivity contribution in [1.29, 1.82) is 0 Å². The van der Waals surface area contributed by atoms with Crippen molar-refractivity contribution < 1.29 is 9.21 Å². The molecule has 0 N–H and O–H groups in total. The Labute approximate surface area is 94.9 Å². The quantitative estimate of drug-likeness (QED) is 0.730. The van der Waals surface area contributed by atoms with Crippen molar-refractivity contribution in [1.82, 2.24) is 0 Å². The van der Waals surface area contributed by atoms with Crippen LogP contribution in [-0.2, 0) is 6.42 Å². The van der Waals surface area contributed by atoms with Gasteiger partial charge in [0.2, 0.25) is 0 Å². The standard InChI is InChI=1S/C14H14O2/c1-3-11-6-4-5-10(2)14(11)13-8-7-12(9-15)16-13/h4-9H,3H2,1-2H3. The van der Waals surface area contributed by atoms with Crippen LogP contribution in [0.15, 0.2) is 34.7 Å². The Morgan fingerprint density at radius 3 is 2.69 bits per heavy atom. The molecule has 0 amide bonds. The maximum atomic E-state index is 10.6. The molecule has 1 aromatic heterocycles. The average molecular weight is 214 g/mol. The molecule has 0 aliphatic rings. The highest BCUT2D eigenvalue weighted by molar-refractivity contribution is 5.74. The topological polar surface area (TPSA) is 30.2 Å². The molecule has 2 nitrogen and oxygen atoms in total. The molecule has 0 saturated carbocycles. The Bertz CT molecular complexity index is 509.